The van der Waals surface area contributed by atoms with E-state index in [9.17, 15) is 9.59 Å². The van der Waals surface area contributed by atoms with E-state index in [2.05, 4.69) is 10.1 Å². The Morgan fingerprint density at radius 2 is 1.83 bits per heavy atom. The molecule has 0 unspecified atom stereocenters. The van der Waals surface area contributed by atoms with E-state index in [4.69, 9.17) is 48.0 Å². The second-order valence-corrected chi connectivity index (χ2v) is 10.4. The predicted molar refractivity (Wildman–Crippen MR) is 136 cm³/mol. The molecule has 9 nitrogen and oxygen atoms in total. The topological polar surface area (TPSA) is 122 Å². The summed E-state index contributed by atoms with van der Waals surface area (Å²) >= 11 is 12.4. The molecular weight excluding hydrogens is 509 g/mol. The van der Waals surface area contributed by atoms with Crippen molar-refractivity contribution >= 4 is 41.0 Å². The number of amidine groups is 1. The zero-order valence-electron chi connectivity index (χ0n) is 20.7. The fraction of sp³-hybridized carbons (Fsp3) is 0.440. The number of nitrogens with zero attached hydrogens (tertiary/aromatic N) is 2. The highest BCUT2D eigenvalue weighted by atomic mass is 35.5. The first-order valence-electron chi connectivity index (χ1n) is 11.4. The zero-order chi connectivity index (χ0) is 26.6. The van der Waals surface area contributed by atoms with Crippen LogP contribution in [0.1, 0.15) is 63.4 Å². The van der Waals surface area contributed by atoms with Crippen molar-refractivity contribution < 1.29 is 28.6 Å². The van der Waals surface area contributed by atoms with Crippen molar-refractivity contribution in [2.24, 2.45) is 16.8 Å². The number of carbonyl (C=O) groups excluding carboxylic acids is 2. The third-order valence-corrected chi connectivity index (χ3v) is 5.56. The number of ether oxygens (including phenoxy) is 3. The van der Waals surface area contributed by atoms with Crippen LogP contribution in [0.2, 0.25) is 10.0 Å². The maximum Gasteiger partial charge on any atom is 0.367 e. The van der Waals surface area contributed by atoms with E-state index in [1.165, 1.54) is 12.3 Å². The van der Waals surface area contributed by atoms with E-state index in [-0.39, 0.29) is 51.4 Å². The van der Waals surface area contributed by atoms with Gasteiger partial charge in [0, 0.05) is 11.8 Å². The van der Waals surface area contributed by atoms with Gasteiger partial charge in [-0.05, 0) is 71.7 Å². The fourth-order valence-corrected chi connectivity index (χ4v) is 3.73. The summed E-state index contributed by atoms with van der Waals surface area (Å²) in [6.45, 7) is 9.17. The van der Waals surface area contributed by atoms with Crippen LogP contribution >= 0.6 is 23.2 Å². The van der Waals surface area contributed by atoms with Gasteiger partial charge in [-0.15, -0.1) is 0 Å². The Balaban J connectivity index is 1.56. The number of oxime groups is 1. The Kier molecular flexibility index (Phi) is 8.68. The Hall–Kier alpha value is -3.04. The lowest BCUT2D eigenvalue weighted by molar-refractivity contribution is -0.166. The highest BCUT2D eigenvalue weighted by Gasteiger charge is 2.38. The summed E-state index contributed by atoms with van der Waals surface area (Å²) in [5.41, 5.74) is 5.87. The second kappa shape index (κ2) is 11.3. The quantitative estimate of drug-likeness (QED) is 0.161. The van der Waals surface area contributed by atoms with Crippen molar-refractivity contribution in [1.29, 1.82) is 0 Å². The van der Waals surface area contributed by atoms with E-state index in [0.29, 0.717) is 24.2 Å². The zero-order valence-corrected chi connectivity index (χ0v) is 22.2. The molecule has 1 aliphatic carbocycles. The lowest BCUT2D eigenvalue weighted by Gasteiger charge is -2.35. The van der Waals surface area contributed by atoms with Gasteiger partial charge in [-0.2, -0.15) is 0 Å². The number of halogens is 2. The predicted octanol–water partition coefficient (Wildman–Crippen LogP) is 5.15. The smallest absolute Gasteiger partial charge is 0.367 e. The molecule has 2 aromatic rings. The lowest BCUT2D eigenvalue weighted by Crippen LogP contribution is -2.41. The monoisotopic (exact) mass is 537 g/mol. The van der Waals surface area contributed by atoms with E-state index < -0.39 is 11.6 Å². The molecule has 1 aromatic carbocycles. The summed E-state index contributed by atoms with van der Waals surface area (Å²) in [4.78, 5) is 33.3. The molecule has 0 aliphatic heterocycles. The van der Waals surface area contributed by atoms with Gasteiger partial charge >= 0.3 is 11.9 Å². The number of nitrogens with two attached hydrogens (primary N) is 1. The maximum absolute atomic E-state index is 12.3. The number of carbonyl (C=O) groups is 2. The highest BCUT2D eigenvalue weighted by molar-refractivity contribution is 6.34. The average Bonchev–Trinajstić information content (AvgIpc) is 2.73. The standard InChI is InChI=1S/C25H29Cl2N3O6/c1-13(2)33-22-20(27)10-15(12-29-22)24(32)36-30-21(28)18-7-6-16(11-19(18)26)34-17-8-14(9-17)23(31)35-25(3,4)5/h6-7,10-14,17H,8-9H2,1-5H3,(H2,28,30)/t14-,17-. The van der Waals surface area contributed by atoms with Crippen molar-refractivity contribution in [1.82, 2.24) is 4.98 Å². The van der Waals surface area contributed by atoms with Gasteiger partial charge in [-0.25, -0.2) is 9.78 Å². The SMILES string of the molecule is CC(C)Oc1ncc(C(=O)O/N=C(\N)c2ccc(O[C@H]3C[C@H](C(=O)OC(C)(C)C)C3)cc2Cl)cc1Cl. The van der Waals surface area contributed by atoms with Crippen LogP contribution in [0.4, 0.5) is 0 Å². The number of hydrogen-bond donors (Lipinski definition) is 1. The summed E-state index contributed by atoms with van der Waals surface area (Å²) in [6.07, 6.45) is 2.16. The van der Waals surface area contributed by atoms with Gasteiger partial charge in [0.2, 0.25) is 5.88 Å². The van der Waals surface area contributed by atoms with Crippen molar-refractivity contribution in [3.63, 3.8) is 0 Å². The van der Waals surface area contributed by atoms with Crippen LogP contribution in [0, 0.1) is 5.92 Å². The first-order chi connectivity index (χ1) is 16.8. The molecule has 1 fully saturated rings. The van der Waals surface area contributed by atoms with Crippen molar-refractivity contribution in [3.05, 3.63) is 51.6 Å². The lowest BCUT2D eigenvalue weighted by atomic mass is 9.82. The molecule has 0 spiro atoms. The van der Waals surface area contributed by atoms with Crippen LogP contribution < -0.4 is 15.2 Å². The molecule has 2 N–H and O–H groups in total. The van der Waals surface area contributed by atoms with Crippen LogP contribution in [0.25, 0.3) is 0 Å². The van der Waals surface area contributed by atoms with Crippen LogP contribution in [-0.2, 0) is 14.4 Å². The summed E-state index contributed by atoms with van der Waals surface area (Å²) < 4.78 is 16.7. The maximum atomic E-state index is 12.3. The third-order valence-electron chi connectivity index (χ3n) is 4.97. The molecular formula is C25H29Cl2N3O6. The van der Waals surface area contributed by atoms with Crippen LogP contribution in [0.5, 0.6) is 11.6 Å². The Morgan fingerprint density at radius 3 is 2.42 bits per heavy atom. The van der Waals surface area contributed by atoms with Crippen LogP contribution in [0.3, 0.4) is 0 Å². The Bertz CT molecular complexity index is 1160. The molecule has 1 saturated carbocycles. The molecule has 11 heteroatoms. The van der Waals surface area contributed by atoms with E-state index in [1.807, 2.05) is 34.6 Å². The minimum Gasteiger partial charge on any atom is -0.490 e. The van der Waals surface area contributed by atoms with Gasteiger partial charge in [0.1, 0.15) is 22.5 Å². The summed E-state index contributed by atoms with van der Waals surface area (Å²) in [5, 5.41) is 4.10. The number of aromatic nitrogens is 1. The second-order valence-electron chi connectivity index (χ2n) is 9.62. The number of pyridine rings is 1. The molecule has 0 bridgehead atoms. The van der Waals surface area contributed by atoms with E-state index >= 15 is 0 Å². The van der Waals surface area contributed by atoms with E-state index in [0.717, 1.165) is 0 Å². The minimum absolute atomic E-state index is 0.0766. The molecule has 3 rings (SSSR count). The molecule has 0 saturated heterocycles. The van der Waals surface area contributed by atoms with Gasteiger partial charge in [-0.3, -0.25) is 4.79 Å². The van der Waals surface area contributed by atoms with Gasteiger partial charge in [0.25, 0.3) is 0 Å². The molecule has 1 aliphatic rings. The molecule has 0 amide bonds. The summed E-state index contributed by atoms with van der Waals surface area (Å²) in [6, 6.07) is 6.22. The van der Waals surface area contributed by atoms with Crippen LogP contribution in [0.15, 0.2) is 35.6 Å². The number of rotatable bonds is 8. The number of benzene rings is 1. The summed E-state index contributed by atoms with van der Waals surface area (Å²) in [5.74, 6) is -0.567. The molecule has 36 heavy (non-hydrogen) atoms. The summed E-state index contributed by atoms with van der Waals surface area (Å²) in [7, 11) is 0. The van der Waals surface area contributed by atoms with Gasteiger partial charge < -0.3 is 24.8 Å². The molecule has 194 valence electrons. The van der Waals surface area contributed by atoms with Crippen molar-refractivity contribution in [2.45, 2.75) is 65.3 Å². The minimum atomic E-state index is -0.802. The Morgan fingerprint density at radius 1 is 1.14 bits per heavy atom. The van der Waals surface area contributed by atoms with Crippen molar-refractivity contribution in [2.75, 3.05) is 0 Å². The van der Waals surface area contributed by atoms with E-state index in [1.54, 1.807) is 18.2 Å². The first-order valence-corrected chi connectivity index (χ1v) is 12.1. The fourth-order valence-electron chi connectivity index (χ4n) is 3.25. The largest absolute Gasteiger partial charge is 0.490 e. The third kappa shape index (κ3) is 7.48. The highest BCUT2D eigenvalue weighted by Crippen LogP contribution is 2.34. The molecule has 0 radical (unpaired) electrons. The Labute approximate surface area is 219 Å². The molecule has 0 atom stereocenters. The first kappa shape index (κ1) is 27.5. The normalized spacial score (nSPS) is 17.8. The molecule has 1 aromatic heterocycles. The average molecular weight is 538 g/mol. The van der Waals surface area contributed by atoms with Gasteiger partial charge in [0.05, 0.1) is 22.6 Å². The molecule has 1 heterocycles. The van der Waals surface area contributed by atoms with Gasteiger partial charge in [0.15, 0.2) is 5.84 Å². The van der Waals surface area contributed by atoms with Gasteiger partial charge in [-0.1, -0.05) is 28.4 Å². The van der Waals surface area contributed by atoms with Crippen LogP contribution in [-0.4, -0.2) is 40.6 Å². The number of hydrogen-bond acceptors (Lipinski definition) is 8. The van der Waals surface area contributed by atoms with Crippen molar-refractivity contribution in [3.8, 4) is 11.6 Å². The number of esters is 1.